The molecule has 1 aromatic carbocycles. The quantitative estimate of drug-likeness (QED) is 0.745. The van der Waals surface area contributed by atoms with Crippen molar-refractivity contribution in [2.24, 2.45) is 0 Å². The highest BCUT2D eigenvalue weighted by molar-refractivity contribution is 7.93. The molecule has 0 amide bonds. The van der Waals surface area contributed by atoms with Gasteiger partial charge in [0.05, 0.1) is 4.90 Å². The van der Waals surface area contributed by atoms with Crippen molar-refractivity contribution in [2.45, 2.75) is 16.5 Å². The van der Waals surface area contributed by atoms with Crippen molar-refractivity contribution in [2.75, 3.05) is 0 Å². The van der Waals surface area contributed by atoms with Gasteiger partial charge in [-0.3, -0.25) is 0 Å². The van der Waals surface area contributed by atoms with E-state index in [4.69, 9.17) is 0 Å². The van der Waals surface area contributed by atoms with Crippen LogP contribution in [0.3, 0.4) is 0 Å². The Kier molecular flexibility index (Phi) is 2.83. The predicted octanol–water partition coefficient (Wildman–Crippen LogP) is 2.56. The van der Waals surface area contributed by atoms with E-state index in [9.17, 15) is 17.2 Å². The fourth-order valence-electron chi connectivity index (χ4n) is 0.851. The van der Waals surface area contributed by atoms with Crippen molar-refractivity contribution in [3.05, 3.63) is 29.8 Å². The van der Waals surface area contributed by atoms with E-state index in [-0.39, 0.29) is 0 Å². The summed E-state index contributed by atoms with van der Waals surface area (Å²) in [6, 6.07) is 5.05. The van der Waals surface area contributed by atoms with Crippen LogP contribution in [0.2, 0.25) is 0 Å². The minimum atomic E-state index is -4.76. The molecule has 0 N–H and O–H groups in total. The molecule has 2 nitrogen and oxygen atoms in total. The summed E-state index contributed by atoms with van der Waals surface area (Å²) in [5, 5.41) is 0. The van der Waals surface area contributed by atoms with Crippen LogP contribution in [-0.2, 0) is 9.84 Å². The fraction of sp³-hybridized carbons (Fsp3) is 0.250. The van der Waals surface area contributed by atoms with Crippen LogP contribution >= 0.6 is 11.6 Å². The van der Waals surface area contributed by atoms with Gasteiger partial charge in [0.2, 0.25) is 0 Å². The van der Waals surface area contributed by atoms with Gasteiger partial charge in [-0.05, 0) is 30.7 Å². The molecule has 0 saturated carbocycles. The standard InChI is InChI=1S/C8H7ClF2O2S/c1-6-2-4-7(5-3-6)14(12,13)8(9,10)11/h2-5H,1H3. The Morgan fingerprint density at radius 3 is 2.00 bits per heavy atom. The summed E-state index contributed by atoms with van der Waals surface area (Å²) in [6.45, 7) is 1.72. The minimum Gasteiger partial charge on any atom is -0.216 e. The molecule has 0 aliphatic carbocycles. The highest BCUT2D eigenvalue weighted by atomic mass is 35.5. The lowest BCUT2D eigenvalue weighted by atomic mass is 10.2. The van der Waals surface area contributed by atoms with Gasteiger partial charge in [0.1, 0.15) is 0 Å². The summed E-state index contributed by atoms with van der Waals surface area (Å²) in [7, 11) is -4.76. The molecule has 14 heavy (non-hydrogen) atoms. The van der Waals surface area contributed by atoms with Gasteiger partial charge in [0.15, 0.2) is 0 Å². The van der Waals surface area contributed by atoms with Crippen molar-refractivity contribution < 1.29 is 17.2 Å². The summed E-state index contributed by atoms with van der Waals surface area (Å²) in [4.78, 5) is -0.483. The normalized spacial score (nSPS) is 12.9. The maximum atomic E-state index is 12.5. The second kappa shape index (κ2) is 3.47. The van der Waals surface area contributed by atoms with Crippen molar-refractivity contribution in [3.8, 4) is 0 Å². The molecule has 0 bridgehead atoms. The topological polar surface area (TPSA) is 34.1 Å². The van der Waals surface area contributed by atoms with Gasteiger partial charge in [-0.1, -0.05) is 17.7 Å². The molecule has 0 spiro atoms. The van der Waals surface area contributed by atoms with Gasteiger partial charge in [0, 0.05) is 0 Å². The molecular weight excluding hydrogens is 234 g/mol. The Morgan fingerprint density at radius 2 is 1.64 bits per heavy atom. The number of aryl methyl sites for hydroxylation is 1. The van der Waals surface area contributed by atoms with Crippen molar-refractivity contribution in [1.82, 2.24) is 0 Å². The summed E-state index contributed by atoms with van der Waals surface area (Å²) >= 11 is 4.48. The smallest absolute Gasteiger partial charge is 0.216 e. The molecule has 1 rings (SSSR count). The van der Waals surface area contributed by atoms with Crippen molar-refractivity contribution in [1.29, 1.82) is 0 Å². The van der Waals surface area contributed by atoms with Crippen LogP contribution in [0.25, 0.3) is 0 Å². The predicted molar refractivity (Wildman–Crippen MR) is 49.2 cm³/mol. The second-order valence-electron chi connectivity index (χ2n) is 2.76. The highest BCUT2D eigenvalue weighted by Crippen LogP contribution is 2.32. The zero-order chi connectivity index (χ0) is 11.0. The van der Waals surface area contributed by atoms with E-state index < -0.39 is 19.4 Å². The number of benzene rings is 1. The van der Waals surface area contributed by atoms with Gasteiger partial charge in [-0.2, -0.15) is 8.78 Å². The third-order valence-electron chi connectivity index (χ3n) is 1.64. The van der Waals surface area contributed by atoms with E-state index in [0.717, 1.165) is 17.7 Å². The Bertz CT molecular complexity index is 420. The van der Waals surface area contributed by atoms with Crippen molar-refractivity contribution >= 4 is 21.4 Å². The molecule has 0 heterocycles. The Balaban J connectivity index is 3.25. The number of halogens is 3. The van der Waals surface area contributed by atoms with E-state index in [0.29, 0.717) is 0 Å². The van der Waals surface area contributed by atoms with E-state index in [2.05, 4.69) is 11.6 Å². The Labute approximate surface area is 85.4 Å². The van der Waals surface area contributed by atoms with Crippen LogP contribution in [-0.4, -0.2) is 13.1 Å². The Hall–Kier alpha value is -0.680. The van der Waals surface area contributed by atoms with Crippen LogP contribution in [0.1, 0.15) is 5.56 Å². The summed E-state index contributed by atoms with van der Waals surface area (Å²) in [5.41, 5.74) is 0.779. The van der Waals surface area contributed by atoms with Gasteiger partial charge in [-0.15, -0.1) is 0 Å². The van der Waals surface area contributed by atoms with Gasteiger partial charge in [0.25, 0.3) is 9.84 Å². The first-order valence-electron chi connectivity index (χ1n) is 3.63. The molecule has 0 unspecified atom stereocenters. The van der Waals surface area contributed by atoms with E-state index >= 15 is 0 Å². The van der Waals surface area contributed by atoms with Crippen LogP contribution in [0, 0.1) is 6.92 Å². The molecule has 0 aromatic heterocycles. The van der Waals surface area contributed by atoms with Crippen LogP contribution in [0.5, 0.6) is 0 Å². The van der Waals surface area contributed by atoms with E-state index in [1.165, 1.54) is 12.1 Å². The maximum absolute atomic E-state index is 12.5. The molecule has 0 aliphatic rings. The average molecular weight is 241 g/mol. The largest absolute Gasteiger partial charge is 0.427 e. The molecule has 0 radical (unpaired) electrons. The number of alkyl halides is 3. The van der Waals surface area contributed by atoms with Crippen LogP contribution < -0.4 is 0 Å². The average Bonchev–Trinajstić information content (AvgIpc) is 2.03. The van der Waals surface area contributed by atoms with Gasteiger partial charge in [-0.25, -0.2) is 8.42 Å². The monoisotopic (exact) mass is 240 g/mol. The summed E-state index contributed by atoms with van der Waals surface area (Å²) < 4.78 is 42.8. The molecule has 78 valence electrons. The number of rotatable bonds is 2. The number of hydrogen-bond acceptors (Lipinski definition) is 2. The van der Waals surface area contributed by atoms with Gasteiger partial charge >= 0.3 is 4.71 Å². The summed E-state index contributed by atoms with van der Waals surface area (Å²) in [5.74, 6) is 0. The lowest BCUT2D eigenvalue weighted by Crippen LogP contribution is -2.21. The van der Waals surface area contributed by atoms with E-state index in [1.54, 1.807) is 6.92 Å². The molecule has 0 fully saturated rings. The first-order chi connectivity index (χ1) is 6.25. The number of hydrogen-bond donors (Lipinski definition) is 0. The van der Waals surface area contributed by atoms with Crippen LogP contribution in [0.4, 0.5) is 8.78 Å². The Morgan fingerprint density at radius 1 is 1.21 bits per heavy atom. The molecule has 6 heteroatoms. The van der Waals surface area contributed by atoms with E-state index in [1.807, 2.05) is 0 Å². The lowest BCUT2D eigenvalue weighted by molar-refractivity contribution is 0.187. The zero-order valence-corrected chi connectivity index (χ0v) is 8.74. The minimum absolute atomic E-state index is 0.483. The molecule has 1 aromatic rings. The first-order valence-corrected chi connectivity index (χ1v) is 5.49. The lowest BCUT2D eigenvalue weighted by Gasteiger charge is -2.09. The summed E-state index contributed by atoms with van der Waals surface area (Å²) in [6.07, 6.45) is 0. The third-order valence-corrected chi connectivity index (χ3v) is 3.75. The number of sulfone groups is 1. The highest BCUT2D eigenvalue weighted by Gasteiger charge is 2.43. The maximum Gasteiger partial charge on any atom is 0.427 e. The zero-order valence-electron chi connectivity index (χ0n) is 7.17. The van der Waals surface area contributed by atoms with Crippen molar-refractivity contribution in [3.63, 3.8) is 0 Å². The molecular formula is C8H7ClF2O2S. The molecule has 0 atom stereocenters. The second-order valence-corrected chi connectivity index (χ2v) is 5.45. The first kappa shape index (κ1) is 11.4. The molecule has 0 aliphatic heterocycles. The SMILES string of the molecule is Cc1ccc(S(=O)(=O)C(F)(F)Cl)cc1. The van der Waals surface area contributed by atoms with Crippen LogP contribution in [0.15, 0.2) is 29.2 Å². The molecule has 0 saturated heterocycles. The fourth-order valence-corrected chi connectivity index (χ4v) is 1.88. The third kappa shape index (κ3) is 2.04. The van der Waals surface area contributed by atoms with Gasteiger partial charge < -0.3 is 0 Å².